The Labute approximate surface area is 336 Å². The molecule has 0 bridgehead atoms. The summed E-state index contributed by atoms with van der Waals surface area (Å²) >= 11 is 3.08. The van der Waals surface area contributed by atoms with Crippen LogP contribution in [0.15, 0.2) is 71.4 Å². The van der Waals surface area contributed by atoms with E-state index in [0.717, 1.165) is 47.1 Å². The summed E-state index contributed by atoms with van der Waals surface area (Å²) in [5, 5.41) is 16.9. The quantitative estimate of drug-likeness (QED) is 0.172. The summed E-state index contributed by atoms with van der Waals surface area (Å²) in [5.41, 5.74) is 11.3. The molecule has 0 atom stereocenters. The van der Waals surface area contributed by atoms with Crippen molar-refractivity contribution in [2.45, 2.75) is 146 Å². The van der Waals surface area contributed by atoms with E-state index in [9.17, 15) is 5.11 Å². The van der Waals surface area contributed by atoms with Crippen molar-refractivity contribution in [1.29, 1.82) is 0 Å². The third-order valence-electron chi connectivity index (χ3n) is 8.41. The van der Waals surface area contributed by atoms with E-state index in [2.05, 4.69) is 152 Å². The Morgan fingerprint density at radius 1 is 0.635 bits per heavy atom. The minimum absolute atomic E-state index is 0. The number of ether oxygens (including phenoxy) is 1. The molecule has 3 aromatic rings. The van der Waals surface area contributed by atoms with Gasteiger partial charge in [0.25, 0.3) is 0 Å². The van der Waals surface area contributed by atoms with Crippen LogP contribution in [0.5, 0.6) is 5.75 Å². The molecular weight excluding hydrogens is 698 g/mol. The van der Waals surface area contributed by atoms with Gasteiger partial charge in [0.2, 0.25) is 0 Å². The smallest absolute Gasteiger partial charge is 0.0701 e. The van der Waals surface area contributed by atoms with Gasteiger partial charge in [0.1, 0.15) is 0 Å². The van der Waals surface area contributed by atoms with Crippen LogP contribution in [0.25, 0.3) is 10.1 Å². The molecule has 3 rings (SSSR count). The molecule has 0 fully saturated rings. The first kappa shape index (κ1) is 51.3. The monoisotopic (exact) mass is 765 g/mol. The summed E-state index contributed by atoms with van der Waals surface area (Å²) in [4.78, 5) is 5.08. The molecule has 3 aromatic carbocycles. The standard InChI is InChI=1S/C29H41N2.C12H18O.C4H10O.NS.V/c1-18(2)24-13-11-14-25(19(3)4)28(24)30-22(9)17-23(10)31-29-26(20(5)6)15-12-16-27(29)21(7)8;1-8(2)10-6-5-7-11(9(3)4)12(10)13;1-3-5-4-2;1-2;/h11-21H,1-10H3;5-9,13H,1-4H3;3-4H2,1-2H3;;/q-1;;;-1;/p-1/b22-17-,31-23?;;;;. The molecule has 0 saturated carbocycles. The molecule has 1 radical (unpaired) electrons. The molecule has 5 nitrogen and oxygen atoms in total. The predicted molar refractivity (Wildman–Crippen MR) is 226 cm³/mol. The molecule has 0 aliphatic heterocycles. The van der Waals surface area contributed by atoms with E-state index in [1.807, 2.05) is 32.0 Å². The topological polar surface area (TPSA) is 81.0 Å². The van der Waals surface area contributed by atoms with Gasteiger partial charge in [-0.1, -0.05) is 173 Å². The van der Waals surface area contributed by atoms with Gasteiger partial charge in [0.05, 0.1) is 5.69 Å². The van der Waals surface area contributed by atoms with Crippen LogP contribution in [0.3, 0.4) is 0 Å². The third kappa shape index (κ3) is 16.9. The first-order chi connectivity index (χ1) is 24.0. The van der Waals surface area contributed by atoms with Crippen LogP contribution in [0.4, 0.5) is 11.4 Å². The first-order valence-electron chi connectivity index (χ1n) is 18.7. The van der Waals surface area contributed by atoms with Gasteiger partial charge < -0.3 is 19.9 Å². The second kappa shape index (κ2) is 26.9. The zero-order valence-corrected chi connectivity index (χ0v) is 37.4. The largest absolute Gasteiger partial charge is 0.872 e. The minimum Gasteiger partial charge on any atom is -0.872 e. The maximum Gasteiger partial charge on any atom is 0.0701 e. The van der Waals surface area contributed by atoms with Gasteiger partial charge in [0.15, 0.2) is 0 Å². The van der Waals surface area contributed by atoms with Crippen molar-refractivity contribution < 1.29 is 28.4 Å². The Balaban J connectivity index is 0. The summed E-state index contributed by atoms with van der Waals surface area (Å²) in [5.74, 6) is 2.63. The maximum atomic E-state index is 11.9. The number of hydrogen-bond acceptors (Lipinski definition) is 4. The van der Waals surface area contributed by atoms with Crippen LogP contribution >= 0.6 is 0 Å². The van der Waals surface area contributed by atoms with E-state index in [-0.39, 0.29) is 24.3 Å². The summed E-state index contributed by atoms with van der Waals surface area (Å²) in [6, 6.07) is 19.0. The third-order valence-corrected chi connectivity index (χ3v) is 8.41. The molecule has 0 amide bonds. The molecule has 0 heterocycles. The molecule has 0 unspecified atom stereocenters. The van der Waals surface area contributed by atoms with E-state index in [0.29, 0.717) is 35.5 Å². The van der Waals surface area contributed by atoms with Crippen LogP contribution < -0.4 is 5.11 Å². The van der Waals surface area contributed by atoms with Crippen molar-refractivity contribution in [1.82, 2.24) is 0 Å². The van der Waals surface area contributed by atoms with E-state index in [1.165, 1.54) is 22.3 Å². The van der Waals surface area contributed by atoms with Crippen molar-refractivity contribution >= 4 is 29.5 Å². The average Bonchev–Trinajstić information content (AvgIpc) is 3.06. The molecule has 7 heteroatoms. The van der Waals surface area contributed by atoms with Crippen LogP contribution in [0, 0.1) is 0 Å². The second-order valence-corrected chi connectivity index (χ2v) is 14.7. The Kier molecular flexibility index (Phi) is 26.6. The fourth-order valence-corrected chi connectivity index (χ4v) is 5.69. The summed E-state index contributed by atoms with van der Waals surface area (Å²) < 4.78 is 11.4. The van der Waals surface area contributed by atoms with Crippen molar-refractivity contribution in [2.24, 2.45) is 4.99 Å². The molecule has 0 aliphatic rings. The van der Waals surface area contributed by atoms with Crippen LogP contribution in [-0.4, -0.2) is 18.9 Å². The second-order valence-electron chi connectivity index (χ2n) is 14.7. The molecular formula is C45H68N3O2SV-3. The van der Waals surface area contributed by atoms with E-state index >= 15 is 0 Å². The summed E-state index contributed by atoms with van der Waals surface area (Å²) in [6.45, 7) is 35.9. The van der Waals surface area contributed by atoms with Crippen molar-refractivity contribution in [2.75, 3.05) is 13.2 Å². The van der Waals surface area contributed by atoms with E-state index in [4.69, 9.17) is 19.8 Å². The summed E-state index contributed by atoms with van der Waals surface area (Å²) in [7, 11) is 0. The molecule has 0 aromatic heterocycles. The van der Waals surface area contributed by atoms with Gasteiger partial charge in [0, 0.05) is 37.5 Å². The number of rotatable bonds is 12. The van der Waals surface area contributed by atoms with Gasteiger partial charge in [-0.05, 0) is 67.4 Å². The number of benzene rings is 3. The summed E-state index contributed by atoms with van der Waals surface area (Å²) in [6.07, 6.45) is 2.11. The number of aliphatic imine (C=N–C) groups is 1. The van der Waals surface area contributed by atoms with Crippen molar-refractivity contribution in [3.8, 4) is 5.75 Å². The van der Waals surface area contributed by atoms with E-state index < -0.39 is 0 Å². The minimum atomic E-state index is 0. The van der Waals surface area contributed by atoms with Crippen LogP contribution in [-0.2, 0) is 35.7 Å². The van der Waals surface area contributed by atoms with Crippen LogP contribution in [0.2, 0.25) is 0 Å². The number of para-hydroxylation sites is 3. The maximum absolute atomic E-state index is 11.9. The molecule has 289 valence electrons. The van der Waals surface area contributed by atoms with E-state index in [1.54, 1.807) is 0 Å². The van der Waals surface area contributed by atoms with Gasteiger partial charge in [-0.25, -0.2) is 0 Å². The van der Waals surface area contributed by atoms with Crippen LogP contribution in [0.1, 0.15) is 180 Å². The Morgan fingerprint density at radius 3 is 1.23 bits per heavy atom. The van der Waals surface area contributed by atoms with Gasteiger partial charge in [-0.3, -0.25) is 17.4 Å². The molecule has 0 saturated heterocycles. The Bertz CT molecular complexity index is 1430. The number of nitrogens with zero attached hydrogens (tertiary/aromatic N) is 3. The number of allylic oxidation sites excluding steroid dienone is 2. The molecule has 0 aliphatic carbocycles. The fourth-order valence-electron chi connectivity index (χ4n) is 5.69. The normalized spacial score (nSPS) is 11.5. The fraction of sp³-hybridized carbons (Fsp3) is 0.533. The van der Waals surface area contributed by atoms with Gasteiger partial charge in [-0.15, -0.1) is 11.4 Å². The Morgan fingerprint density at radius 2 is 0.942 bits per heavy atom. The number of hydrogen-bond donors (Lipinski definition) is 0. The zero-order chi connectivity index (χ0) is 39.4. The molecule has 52 heavy (non-hydrogen) atoms. The Hall–Kier alpha value is -2.77. The van der Waals surface area contributed by atoms with Gasteiger partial charge in [-0.2, -0.15) is 5.70 Å². The van der Waals surface area contributed by atoms with Gasteiger partial charge >= 0.3 is 0 Å². The SMILES string of the molecule is CC(/C=C(/C)[N-]c1c(C(C)C)cccc1C(C)C)=Nc1c(C(C)C)cccc1C(C)C.CC(C)c1cccc(C(C)C)c1[O-].CCOCC.[N-]=S.[V]. The molecule has 0 N–H and O–H groups in total. The van der Waals surface area contributed by atoms with Crippen molar-refractivity contribution in [3.05, 3.63) is 110 Å². The predicted octanol–water partition coefficient (Wildman–Crippen LogP) is 14.2. The zero-order valence-electron chi connectivity index (χ0n) is 35.2. The molecule has 0 spiro atoms. The first-order valence-corrected chi connectivity index (χ1v) is 19.1. The van der Waals surface area contributed by atoms with Crippen molar-refractivity contribution in [3.63, 3.8) is 0 Å². The average molecular weight is 766 g/mol.